The van der Waals surface area contributed by atoms with E-state index >= 15 is 0 Å². The van der Waals surface area contributed by atoms with Gasteiger partial charge in [-0.2, -0.15) is 0 Å². The van der Waals surface area contributed by atoms with Gasteiger partial charge in [0.1, 0.15) is 0 Å². The quantitative estimate of drug-likeness (QED) is 0.722. The van der Waals surface area contributed by atoms with Gasteiger partial charge in [0.25, 0.3) is 0 Å². The fourth-order valence-electron chi connectivity index (χ4n) is 1.87. The first-order valence-electron chi connectivity index (χ1n) is 5.68. The second-order valence-corrected chi connectivity index (χ2v) is 4.58. The summed E-state index contributed by atoms with van der Waals surface area (Å²) in [6.45, 7) is 3.90. The zero-order valence-electron chi connectivity index (χ0n) is 10.3. The number of nitrogens with zero attached hydrogens (tertiary/aromatic N) is 2. The van der Waals surface area contributed by atoms with Crippen LogP contribution in [-0.4, -0.2) is 62.0 Å². The number of rotatable bonds is 4. The maximum atomic E-state index is 12.0. The molecule has 0 aromatic rings. The minimum atomic E-state index is 0.0353. The van der Waals surface area contributed by atoms with Crippen LogP contribution in [0.25, 0.3) is 0 Å². The van der Waals surface area contributed by atoms with Gasteiger partial charge in [-0.3, -0.25) is 4.79 Å². The molecule has 1 amide bonds. The molecule has 1 aliphatic rings. The topological polar surface area (TPSA) is 35.6 Å². The van der Waals surface area contributed by atoms with Crippen LogP contribution in [0.4, 0.5) is 0 Å². The number of amides is 1. The standard InChI is InChI=1S/C11H23N3O/c1-9(13(3)4)8-14-7-5-6-10(12-2)11(14)15/h9-10,12H,5-8H2,1-4H3. The van der Waals surface area contributed by atoms with Crippen LogP contribution < -0.4 is 5.32 Å². The molecule has 1 saturated heterocycles. The molecule has 0 spiro atoms. The van der Waals surface area contributed by atoms with Gasteiger partial charge in [0, 0.05) is 19.1 Å². The first-order chi connectivity index (χ1) is 7.06. The molecule has 0 radical (unpaired) electrons. The maximum absolute atomic E-state index is 12.0. The fraction of sp³-hybridized carbons (Fsp3) is 0.909. The number of hydrogen-bond donors (Lipinski definition) is 1. The van der Waals surface area contributed by atoms with Crippen molar-refractivity contribution >= 4 is 5.91 Å². The fourth-order valence-corrected chi connectivity index (χ4v) is 1.87. The summed E-state index contributed by atoms with van der Waals surface area (Å²) in [5.74, 6) is 0.262. The Balaban J connectivity index is 2.50. The van der Waals surface area contributed by atoms with Crippen molar-refractivity contribution in [3.8, 4) is 0 Å². The minimum absolute atomic E-state index is 0.0353. The van der Waals surface area contributed by atoms with Crippen molar-refractivity contribution in [2.24, 2.45) is 0 Å². The lowest BCUT2D eigenvalue weighted by Gasteiger charge is -2.35. The van der Waals surface area contributed by atoms with E-state index in [9.17, 15) is 4.79 Å². The molecule has 0 aliphatic carbocycles. The van der Waals surface area contributed by atoms with Gasteiger partial charge in [0.2, 0.25) is 5.91 Å². The molecule has 1 fully saturated rings. The van der Waals surface area contributed by atoms with Gasteiger partial charge in [-0.25, -0.2) is 0 Å². The van der Waals surface area contributed by atoms with Gasteiger partial charge in [0.05, 0.1) is 6.04 Å². The summed E-state index contributed by atoms with van der Waals surface area (Å²) in [5.41, 5.74) is 0. The second-order valence-electron chi connectivity index (χ2n) is 4.58. The molecule has 88 valence electrons. The smallest absolute Gasteiger partial charge is 0.239 e. The number of carbonyl (C=O) groups is 1. The van der Waals surface area contributed by atoms with E-state index in [1.807, 2.05) is 11.9 Å². The van der Waals surface area contributed by atoms with Crippen LogP contribution in [0.1, 0.15) is 19.8 Å². The van der Waals surface area contributed by atoms with Crippen molar-refractivity contribution in [3.63, 3.8) is 0 Å². The molecule has 4 nitrogen and oxygen atoms in total. The van der Waals surface area contributed by atoms with Crippen LogP contribution >= 0.6 is 0 Å². The van der Waals surface area contributed by atoms with Crippen molar-refractivity contribution in [3.05, 3.63) is 0 Å². The number of carbonyl (C=O) groups excluding carboxylic acids is 1. The van der Waals surface area contributed by atoms with Crippen LogP contribution in [0.15, 0.2) is 0 Å². The molecule has 1 rings (SSSR count). The predicted octanol–water partition coefficient (Wildman–Crippen LogP) is 0.147. The molecule has 1 heterocycles. The third kappa shape index (κ3) is 3.18. The van der Waals surface area contributed by atoms with Crippen LogP contribution in [-0.2, 0) is 4.79 Å². The van der Waals surface area contributed by atoms with E-state index in [-0.39, 0.29) is 11.9 Å². The Morgan fingerprint density at radius 1 is 1.60 bits per heavy atom. The summed E-state index contributed by atoms with van der Waals surface area (Å²) in [5, 5.41) is 3.08. The average Bonchev–Trinajstić information content (AvgIpc) is 2.21. The summed E-state index contributed by atoms with van der Waals surface area (Å²) >= 11 is 0. The molecule has 15 heavy (non-hydrogen) atoms. The maximum Gasteiger partial charge on any atom is 0.239 e. The lowest BCUT2D eigenvalue weighted by Crippen LogP contribution is -2.52. The molecular formula is C11H23N3O. The van der Waals surface area contributed by atoms with Crippen LogP contribution in [0.2, 0.25) is 0 Å². The van der Waals surface area contributed by atoms with Gasteiger partial charge >= 0.3 is 0 Å². The van der Waals surface area contributed by atoms with E-state index in [0.717, 1.165) is 25.9 Å². The van der Waals surface area contributed by atoms with Crippen molar-refractivity contribution in [1.29, 1.82) is 0 Å². The van der Waals surface area contributed by atoms with Crippen LogP contribution in [0.3, 0.4) is 0 Å². The summed E-state index contributed by atoms with van der Waals surface area (Å²) in [6.07, 6.45) is 2.08. The molecule has 2 atom stereocenters. The number of likely N-dealkylation sites (N-methyl/N-ethyl adjacent to an activating group) is 2. The van der Waals surface area contributed by atoms with Crippen molar-refractivity contribution in [2.75, 3.05) is 34.2 Å². The average molecular weight is 213 g/mol. The molecular weight excluding hydrogens is 190 g/mol. The Morgan fingerprint density at radius 2 is 2.27 bits per heavy atom. The van der Waals surface area contributed by atoms with Gasteiger partial charge in [-0.05, 0) is 40.9 Å². The van der Waals surface area contributed by atoms with Crippen LogP contribution in [0.5, 0.6) is 0 Å². The van der Waals surface area contributed by atoms with E-state index in [0.29, 0.717) is 6.04 Å². The first-order valence-corrected chi connectivity index (χ1v) is 5.68. The summed E-state index contributed by atoms with van der Waals surface area (Å²) in [4.78, 5) is 16.1. The molecule has 0 saturated carbocycles. The molecule has 0 bridgehead atoms. The van der Waals surface area contributed by atoms with Crippen molar-refractivity contribution < 1.29 is 4.79 Å². The highest BCUT2D eigenvalue weighted by Crippen LogP contribution is 2.12. The SMILES string of the molecule is CNC1CCCN(CC(C)N(C)C)C1=O. The predicted molar refractivity (Wildman–Crippen MR) is 61.8 cm³/mol. The molecule has 4 heteroatoms. The third-order valence-corrected chi connectivity index (χ3v) is 3.25. The monoisotopic (exact) mass is 213 g/mol. The highest BCUT2D eigenvalue weighted by atomic mass is 16.2. The zero-order valence-corrected chi connectivity index (χ0v) is 10.3. The van der Waals surface area contributed by atoms with Gasteiger partial charge in [-0.1, -0.05) is 0 Å². The van der Waals surface area contributed by atoms with E-state index in [4.69, 9.17) is 0 Å². The highest BCUT2D eigenvalue weighted by molar-refractivity contribution is 5.82. The lowest BCUT2D eigenvalue weighted by molar-refractivity contribution is -0.136. The van der Waals surface area contributed by atoms with Crippen molar-refractivity contribution in [2.45, 2.75) is 31.8 Å². The Hall–Kier alpha value is -0.610. The normalized spacial score (nSPS) is 24.7. The van der Waals surface area contributed by atoms with E-state index in [1.54, 1.807) is 0 Å². The van der Waals surface area contributed by atoms with Crippen LogP contribution in [0, 0.1) is 0 Å². The van der Waals surface area contributed by atoms with E-state index in [1.165, 1.54) is 0 Å². The zero-order chi connectivity index (χ0) is 11.4. The second kappa shape index (κ2) is 5.47. The number of piperidine rings is 1. The summed E-state index contributed by atoms with van der Waals surface area (Å²) in [6, 6.07) is 0.456. The summed E-state index contributed by atoms with van der Waals surface area (Å²) in [7, 11) is 5.96. The minimum Gasteiger partial charge on any atom is -0.340 e. The Bertz CT molecular complexity index is 218. The molecule has 1 aliphatic heterocycles. The molecule has 0 aromatic heterocycles. The molecule has 2 unspecified atom stereocenters. The number of hydrogen-bond acceptors (Lipinski definition) is 3. The lowest BCUT2D eigenvalue weighted by atomic mass is 10.0. The molecule has 0 aromatic carbocycles. The van der Waals surface area contributed by atoms with Gasteiger partial charge in [-0.15, -0.1) is 0 Å². The summed E-state index contributed by atoms with van der Waals surface area (Å²) < 4.78 is 0. The Labute approximate surface area is 92.6 Å². The van der Waals surface area contributed by atoms with Gasteiger partial charge < -0.3 is 15.1 Å². The largest absolute Gasteiger partial charge is 0.340 e. The third-order valence-electron chi connectivity index (χ3n) is 3.25. The Morgan fingerprint density at radius 3 is 2.80 bits per heavy atom. The molecule has 1 N–H and O–H groups in total. The van der Waals surface area contributed by atoms with Crippen molar-refractivity contribution in [1.82, 2.24) is 15.1 Å². The van der Waals surface area contributed by atoms with E-state index < -0.39 is 0 Å². The van der Waals surface area contributed by atoms with E-state index in [2.05, 4.69) is 31.2 Å². The number of nitrogens with one attached hydrogen (secondary N) is 1. The Kier molecular flexibility index (Phi) is 4.54. The highest BCUT2D eigenvalue weighted by Gasteiger charge is 2.28. The number of likely N-dealkylation sites (tertiary alicyclic amines) is 1. The van der Waals surface area contributed by atoms with Gasteiger partial charge in [0.15, 0.2) is 0 Å². The first kappa shape index (κ1) is 12.5.